The van der Waals surface area contributed by atoms with Crippen LogP contribution in [-0.4, -0.2) is 18.1 Å². The van der Waals surface area contributed by atoms with Crippen molar-refractivity contribution in [3.8, 4) is 5.88 Å². The summed E-state index contributed by atoms with van der Waals surface area (Å²) in [5, 5.41) is 13.8. The fraction of sp³-hybridized carbons (Fsp3) is 0. The van der Waals surface area contributed by atoms with Crippen LogP contribution in [0.2, 0.25) is 5.02 Å². The summed E-state index contributed by atoms with van der Waals surface area (Å²) in [6, 6.07) is 3.38. The third-order valence-electron chi connectivity index (χ3n) is 1.73. The molecule has 0 fully saturated rings. The van der Waals surface area contributed by atoms with Crippen molar-refractivity contribution in [3.63, 3.8) is 0 Å². The Bertz CT molecular complexity index is 440. The molecule has 12 heavy (non-hydrogen) atoms. The molecule has 0 aliphatic heterocycles. The van der Waals surface area contributed by atoms with E-state index >= 15 is 0 Å². The van der Waals surface area contributed by atoms with E-state index in [2.05, 4.69) is 5.16 Å². The zero-order valence-electron chi connectivity index (χ0n) is 6.34. The van der Waals surface area contributed by atoms with Crippen LogP contribution in [0.1, 0.15) is 0 Å². The lowest BCUT2D eigenvalue weighted by Gasteiger charge is -1.94. The Morgan fingerprint density at radius 3 is 3.00 bits per heavy atom. The Balaban J connectivity index is 2.87. The Kier molecular flexibility index (Phi) is 1.51. The summed E-state index contributed by atoms with van der Waals surface area (Å²) in [5.41, 5.74) is 1.39. The van der Waals surface area contributed by atoms with Gasteiger partial charge in [0.05, 0.1) is 5.39 Å². The molecule has 1 N–H and O–H groups in total. The fourth-order valence-electron chi connectivity index (χ4n) is 1.06. The number of rotatable bonds is 0. The van der Waals surface area contributed by atoms with Gasteiger partial charge < -0.3 is 9.63 Å². The average Bonchev–Trinajstić information content (AvgIpc) is 2.35. The van der Waals surface area contributed by atoms with Gasteiger partial charge in [-0.2, -0.15) is 0 Å². The molecule has 1 heterocycles. The molecule has 0 amide bonds. The lowest BCUT2D eigenvalue weighted by molar-refractivity contribution is 0.376. The molecule has 0 unspecified atom stereocenters. The summed E-state index contributed by atoms with van der Waals surface area (Å²) in [4.78, 5) is 0. The van der Waals surface area contributed by atoms with E-state index in [0.717, 1.165) is 5.46 Å². The van der Waals surface area contributed by atoms with Crippen molar-refractivity contribution in [3.05, 3.63) is 17.2 Å². The van der Waals surface area contributed by atoms with Gasteiger partial charge in [0.15, 0.2) is 5.58 Å². The average molecular weight is 181 g/mol. The second-order valence-corrected chi connectivity index (χ2v) is 3.01. The molecule has 1 aromatic carbocycles. The molecule has 1 aromatic heterocycles. The van der Waals surface area contributed by atoms with Crippen LogP contribution in [0.4, 0.5) is 0 Å². The van der Waals surface area contributed by atoms with Crippen LogP contribution in [0.15, 0.2) is 16.7 Å². The standard InChI is InChI=1S/C7H5BClNO2/c8-4-1-3-6(2-5(4)9)12-10-7(3)11/h1-2H,8H2,(H,10,11). The van der Waals surface area contributed by atoms with E-state index in [1.54, 1.807) is 12.1 Å². The van der Waals surface area contributed by atoms with Crippen molar-refractivity contribution in [2.45, 2.75) is 0 Å². The molecule has 0 bridgehead atoms. The summed E-state index contributed by atoms with van der Waals surface area (Å²) >= 11 is 5.83. The predicted octanol–water partition coefficient (Wildman–Crippen LogP) is 0.445. The Morgan fingerprint density at radius 2 is 2.25 bits per heavy atom. The maximum absolute atomic E-state index is 9.18. The second kappa shape index (κ2) is 2.42. The van der Waals surface area contributed by atoms with Gasteiger partial charge in [-0.15, -0.1) is 0 Å². The minimum Gasteiger partial charge on any atom is -0.491 e. The number of aromatic hydroxyl groups is 1. The third kappa shape index (κ3) is 0.957. The summed E-state index contributed by atoms with van der Waals surface area (Å²) in [6.07, 6.45) is 0. The first kappa shape index (κ1) is 7.49. The molecule has 0 radical (unpaired) electrons. The molecule has 2 aromatic rings. The minimum atomic E-state index is -0.0928. The van der Waals surface area contributed by atoms with Crippen molar-refractivity contribution in [2.24, 2.45) is 0 Å². The van der Waals surface area contributed by atoms with Crippen molar-refractivity contribution in [1.29, 1.82) is 0 Å². The third-order valence-corrected chi connectivity index (χ3v) is 2.14. The highest BCUT2D eigenvalue weighted by Crippen LogP contribution is 2.24. The van der Waals surface area contributed by atoms with Crippen LogP contribution >= 0.6 is 11.6 Å². The van der Waals surface area contributed by atoms with E-state index < -0.39 is 0 Å². The summed E-state index contributed by atoms with van der Waals surface area (Å²) in [6.45, 7) is 0. The van der Waals surface area contributed by atoms with Gasteiger partial charge in [-0.1, -0.05) is 23.1 Å². The molecule has 0 saturated carbocycles. The van der Waals surface area contributed by atoms with Crippen molar-refractivity contribution in [1.82, 2.24) is 5.16 Å². The molecule has 0 aliphatic carbocycles. The molecule has 0 atom stereocenters. The zero-order valence-corrected chi connectivity index (χ0v) is 7.09. The first-order valence-electron chi connectivity index (χ1n) is 3.43. The normalized spacial score (nSPS) is 10.8. The number of hydrogen-bond donors (Lipinski definition) is 1. The van der Waals surface area contributed by atoms with Crippen LogP contribution in [0.3, 0.4) is 0 Å². The maximum Gasteiger partial charge on any atom is 0.259 e. The van der Waals surface area contributed by atoms with Gasteiger partial charge in [-0.25, -0.2) is 0 Å². The number of fused-ring (bicyclic) bond motifs is 1. The van der Waals surface area contributed by atoms with Crippen LogP contribution in [-0.2, 0) is 0 Å². The van der Waals surface area contributed by atoms with E-state index in [9.17, 15) is 5.11 Å². The molecule has 60 valence electrons. The van der Waals surface area contributed by atoms with E-state index in [-0.39, 0.29) is 5.88 Å². The second-order valence-electron chi connectivity index (χ2n) is 2.60. The fourth-order valence-corrected chi connectivity index (χ4v) is 1.21. The smallest absolute Gasteiger partial charge is 0.259 e. The first-order chi connectivity index (χ1) is 5.68. The SMILES string of the molecule is Bc1cc2c(O)noc2cc1Cl. The highest BCUT2D eigenvalue weighted by atomic mass is 35.5. The highest BCUT2D eigenvalue weighted by molar-refractivity contribution is 6.45. The Morgan fingerprint density at radius 1 is 1.50 bits per heavy atom. The minimum absolute atomic E-state index is 0.0928. The van der Waals surface area contributed by atoms with Gasteiger partial charge in [0.25, 0.3) is 5.88 Å². The lowest BCUT2D eigenvalue weighted by atomic mass is 9.95. The highest BCUT2D eigenvalue weighted by Gasteiger charge is 2.08. The summed E-state index contributed by atoms with van der Waals surface area (Å²) in [5.74, 6) is -0.0928. The van der Waals surface area contributed by atoms with Crippen molar-refractivity contribution < 1.29 is 9.63 Å². The van der Waals surface area contributed by atoms with Crippen molar-refractivity contribution in [2.75, 3.05) is 0 Å². The van der Waals surface area contributed by atoms with Crippen LogP contribution < -0.4 is 5.46 Å². The number of benzene rings is 1. The Hall–Kier alpha value is -1.16. The van der Waals surface area contributed by atoms with Crippen molar-refractivity contribution >= 4 is 35.9 Å². The quantitative estimate of drug-likeness (QED) is 0.600. The van der Waals surface area contributed by atoms with Gasteiger partial charge in [0.1, 0.15) is 7.85 Å². The lowest BCUT2D eigenvalue weighted by Crippen LogP contribution is -2.02. The molecule has 0 spiro atoms. The van der Waals surface area contributed by atoms with E-state index in [4.69, 9.17) is 16.1 Å². The molecular weight excluding hydrogens is 176 g/mol. The molecule has 0 aliphatic rings. The van der Waals surface area contributed by atoms with Gasteiger partial charge in [0.2, 0.25) is 0 Å². The Labute approximate surface area is 74.3 Å². The van der Waals surface area contributed by atoms with Gasteiger partial charge in [0, 0.05) is 11.1 Å². The predicted molar refractivity (Wildman–Crippen MR) is 48.9 cm³/mol. The number of nitrogens with zero attached hydrogens (tertiary/aromatic N) is 1. The number of aromatic nitrogens is 1. The summed E-state index contributed by atoms with van der Waals surface area (Å²) < 4.78 is 4.80. The largest absolute Gasteiger partial charge is 0.491 e. The van der Waals surface area contributed by atoms with E-state index in [1.165, 1.54) is 0 Å². The van der Waals surface area contributed by atoms with Crippen LogP contribution in [0.5, 0.6) is 5.88 Å². The van der Waals surface area contributed by atoms with Gasteiger partial charge in [-0.3, -0.25) is 0 Å². The zero-order chi connectivity index (χ0) is 8.72. The molecule has 3 nitrogen and oxygen atoms in total. The first-order valence-corrected chi connectivity index (χ1v) is 3.81. The summed E-state index contributed by atoms with van der Waals surface area (Å²) in [7, 11) is 1.86. The number of halogens is 1. The van der Waals surface area contributed by atoms with Gasteiger partial charge >= 0.3 is 0 Å². The topological polar surface area (TPSA) is 46.3 Å². The van der Waals surface area contributed by atoms with E-state index in [0.29, 0.717) is 16.0 Å². The number of hydrogen-bond acceptors (Lipinski definition) is 3. The molecule has 0 saturated heterocycles. The van der Waals surface area contributed by atoms with E-state index in [1.807, 2.05) is 7.85 Å². The molecular formula is C7H5BClNO2. The van der Waals surface area contributed by atoms with Crippen LogP contribution in [0, 0.1) is 0 Å². The molecule has 2 rings (SSSR count). The van der Waals surface area contributed by atoms with Gasteiger partial charge in [-0.05, 0) is 5.16 Å². The van der Waals surface area contributed by atoms with Crippen LogP contribution in [0.25, 0.3) is 11.0 Å². The monoisotopic (exact) mass is 181 g/mol. The molecule has 5 heteroatoms. The maximum atomic E-state index is 9.18.